The van der Waals surface area contributed by atoms with E-state index < -0.39 is 12.1 Å². The number of aliphatic hydroxyl groups is 1. The lowest BCUT2D eigenvalue weighted by atomic mass is 10.0. The van der Waals surface area contributed by atoms with Crippen LogP contribution in [0, 0.1) is 0 Å². The lowest BCUT2D eigenvalue weighted by molar-refractivity contribution is 0.0694. The molecule has 0 fully saturated rings. The summed E-state index contributed by atoms with van der Waals surface area (Å²) in [4.78, 5) is 11.7. The number of ether oxygens (including phenoxy) is 3. The standard InChI is InChI=1S/C31H31NO7/c1-20(30(34)22-3-8-24(33)9-4-22)32-17-18-38-26-10-5-21(6-11-26)23-7-16-28(31(35)36)29(19-23)39-27-14-12-25(37-2)13-15-27/h3-16,19-20,30,32-34H,17-18H2,1-2H3,(H,35,36)/t20-,30+/m1/s1. The smallest absolute Gasteiger partial charge is 0.339 e. The first kappa shape index (κ1) is 27.5. The quantitative estimate of drug-likeness (QED) is 0.174. The molecule has 4 aromatic rings. The van der Waals surface area contributed by atoms with Crippen molar-refractivity contribution in [3.05, 3.63) is 102 Å². The molecule has 0 aliphatic rings. The lowest BCUT2D eigenvalue weighted by Crippen LogP contribution is -2.35. The Balaban J connectivity index is 1.35. The van der Waals surface area contributed by atoms with Crippen LogP contribution in [0.1, 0.15) is 28.9 Å². The maximum Gasteiger partial charge on any atom is 0.339 e. The Morgan fingerprint density at radius 1 is 0.846 bits per heavy atom. The Bertz CT molecular complexity index is 1370. The zero-order valence-corrected chi connectivity index (χ0v) is 21.7. The summed E-state index contributed by atoms with van der Waals surface area (Å²) in [7, 11) is 1.57. The van der Waals surface area contributed by atoms with E-state index >= 15 is 0 Å². The average molecular weight is 530 g/mol. The molecule has 0 aliphatic carbocycles. The maximum absolute atomic E-state index is 11.7. The Labute approximate surface area is 227 Å². The number of hydrogen-bond acceptors (Lipinski definition) is 7. The molecule has 4 N–H and O–H groups in total. The van der Waals surface area contributed by atoms with Gasteiger partial charge in [0.05, 0.1) is 13.2 Å². The van der Waals surface area contributed by atoms with Gasteiger partial charge in [0.1, 0.15) is 40.9 Å². The third-order valence-corrected chi connectivity index (χ3v) is 6.23. The summed E-state index contributed by atoms with van der Waals surface area (Å²) >= 11 is 0. The third kappa shape index (κ3) is 7.28. The Kier molecular flexibility index (Phi) is 9.04. The number of aliphatic hydroxyl groups excluding tert-OH is 1. The van der Waals surface area contributed by atoms with Gasteiger partial charge in [-0.15, -0.1) is 0 Å². The number of aromatic hydroxyl groups is 1. The van der Waals surface area contributed by atoms with E-state index in [4.69, 9.17) is 14.2 Å². The van der Waals surface area contributed by atoms with Crippen LogP contribution in [0.3, 0.4) is 0 Å². The molecule has 0 amide bonds. The Morgan fingerprint density at radius 3 is 2.10 bits per heavy atom. The first-order chi connectivity index (χ1) is 18.8. The molecule has 2 atom stereocenters. The van der Waals surface area contributed by atoms with Gasteiger partial charge in [0, 0.05) is 12.6 Å². The van der Waals surface area contributed by atoms with Gasteiger partial charge in [-0.3, -0.25) is 0 Å². The van der Waals surface area contributed by atoms with Gasteiger partial charge in [-0.25, -0.2) is 4.79 Å². The second-order valence-electron chi connectivity index (χ2n) is 8.95. The van der Waals surface area contributed by atoms with Crippen molar-refractivity contribution >= 4 is 5.97 Å². The van der Waals surface area contributed by atoms with Crippen molar-refractivity contribution in [2.24, 2.45) is 0 Å². The van der Waals surface area contributed by atoms with Gasteiger partial charge in [-0.05, 0) is 84.3 Å². The molecule has 4 aromatic carbocycles. The molecular formula is C31H31NO7. The SMILES string of the molecule is COc1ccc(Oc2cc(-c3ccc(OCCN[C@H](C)[C@H](O)c4ccc(O)cc4)cc3)ccc2C(=O)O)cc1. The van der Waals surface area contributed by atoms with Gasteiger partial charge >= 0.3 is 5.97 Å². The van der Waals surface area contributed by atoms with E-state index in [2.05, 4.69) is 5.32 Å². The number of aromatic carboxylic acids is 1. The molecule has 0 unspecified atom stereocenters. The summed E-state index contributed by atoms with van der Waals surface area (Å²) in [6.45, 7) is 2.81. The van der Waals surface area contributed by atoms with Crippen LogP contribution in [0.2, 0.25) is 0 Å². The van der Waals surface area contributed by atoms with Gasteiger partial charge in [0.25, 0.3) is 0 Å². The molecule has 0 radical (unpaired) electrons. The van der Waals surface area contributed by atoms with E-state index in [-0.39, 0.29) is 23.1 Å². The van der Waals surface area contributed by atoms with Crippen LogP contribution in [0.5, 0.6) is 28.7 Å². The van der Waals surface area contributed by atoms with E-state index in [1.807, 2.05) is 31.2 Å². The molecule has 202 valence electrons. The van der Waals surface area contributed by atoms with Crippen molar-refractivity contribution in [1.29, 1.82) is 0 Å². The average Bonchev–Trinajstić information content (AvgIpc) is 2.96. The highest BCUT2D eigenvalue weighted by molar-refractivity contribution is 5.92. The van der Waals surface area contributed by atoms with Crippen LogP contribution >= 0.6 is 0 Å². The van der Waals surface area contributed by atoms with Crippen LogP contribution in [-0.2, 0) is 0 Å². The highest BCUT2D eigenvalue weighted by Gasteiger charge is 2.16. The zero-order chi connectivity index (χ0) is 27.8. The molecule has 0 saturated carbocycles. The number of phenolic OH excluding ortho intramolecular Hbond substituents is 1. The number of carboxylic acid groups (broad SMARTS) is 1. The summed E-state index contributed by atoms with van der Waals surface area (Å²) in [6.07, 6.45) is -0.712. The Morgan fingerprint density at radius 2 is 1.46 bits per heavy atom. The normalized spacial score (nSPS) is 12.4. The molecule has 4 rings (SSSR count). The Hall–Kier alpha value is -4.53. The molecule has 8 nitrogen and oxygen atoms in total. The number of phenols is 1. The van der Waals surface area contributed by atoms with Crippen molar-refractivity contribution in [2.45, 2.75) is 19.1 Å². The third-order valence-electron chi connectivity index (χ3n) is 6.23. The summed E-state index contributed by atoms with van der Waals surface area (Å²) < 4.78 is 16.9. The van der Waals surface area contributed by atoms with E-state index in [1.54, 1.807) is 67.8 Å². The monoisotopic (exact) mass is 529 g/mol. The minimum Gasteiger partial charge on any atom is -0.508 e. The van der Waals surface area contributed by atoms with E-state index in [9.17, 15) is 20.1 Å². The van der Waals surface area contributed by atoms with Gasteiger partial charge in [-0.2, -0.15) is 0 Å². The van der Waals surface area contributed by atoms with Crippen LogP contribution in [0.25, 0.3) is 11.1 Å². The molecule has 0 heterocycles. The fourth-order valence-electron chi connectivity index (χ4n) is 4.00. The van der Waals surface area contributed by atoms with Crippen molar-refractivity contribution < 1.29 is 34.3 Å². The molecule has 8 heteroatoms. The number of nitrogens with one attached hydrogen (secondary N) is 1. The fraction of sp³-hybridized carbons (Fsp3) is 0.194. The maximum atomic E-state index is 11.7. The minimum absolute atomic E-state index is 0.0618. The zero-order valence-electron chi connectivity index (χ0n) is 21.7. The predicted octanol–water partition coefficient (Wildman–Crippen LogP) is 5.65. The van der Waals surface area contributed by atoms with Gasteiger partial charge < -0.3 is 34.8 Å². The lowest BCUT2D eigenvalue weighted by Gasteiger charge is -2.21. The summed E-state index contributed by atoms with van der Waals surface area (Å²) in [5.41, 5.74) is 2.46. The van der Waals surface area contributed by atoms with Gasteiger partial charge in [0.2, 0.25) is 0 Å². The van der Waals surface area contributed by atoms with E-state index in [0.29, 0.717) is 30.4 Å². The number of carboxylic acids is 1. The summed E-state index contributed by atoms with van der Waals surface area (Å²) in [5.74, 6) is 1.17. The molecule has 0 spiro atoms. The van der Waals surface area contributed by atoms with E-state index in [1.165, 1.54) is 6.07 Å². The van der Waals surface area contributed by atoms with Crippen molar-refractivity contribution in [1.82, 2.24) is 5.32 Å². The summed E-state index contributed by atoms with van der Waals surface area (Å²) in [6, 6.07) is 25.7. The van der Waals surface area contributed by atoms with Crippen LogP contribution < -0.4 is 19.5 Å². The number of carbonyl (C=O) groups is 1. The highest BCUT2D eigenvalue weighted by atomic mass is 16.5. The fourth-order valence-corrected chi connectivity index (χ4v) is 4.00. The molecule has 0 aromatic heterocycles. The van der Waals surface area contributed by atoms with E-state index in [0.717, 1.165) is 16.7 Å². The largest absolute Gasteiger partial charge is 0.508 e. The second kappa shape index (κ2) is 12.8. The topological polar surface area (TPSA) is 117 Å². The highest BCUT2D eigenvalue weighted by Crippen LogP contribution is 2.32. The predicted molar refractivity (Wildman–Crippen MR) is 148 cm³/mol. The minimum atomic E-state index is -1.08. The number of methoxy groups -OCH3 is 1. The second-order valence-corrected chi connectivity index (χ2v) is 8.95. The first-order valence-corrected chi connectivity index (χ1v) is 12.5. The number of benzene rings is 4. The van der Waals surface area contributed by atoms with Crippen molar-refractivity contribution in [3.63, 3.8) is 0 Å². The van der Waals surface area contributed by atoms with Gasteiger partial charge in [-0.1, -0.05) is 30.3 Å². The summed E-state index contributed by atoms with van der Waals surface area (Å²) in [5, 5.41) is 32.7. The molecule has 0 saturated heterocycles. The van der Waals surface area contributed by atoms with Gasteiger partial charge in [0.15, 0.2) is 0 Å². The molecular weight excluding hydrogens is 498 g/mol. The van der Waals surface area contributed by atoms with Crippen LogP contribution in [0.15, 0.2) is 91.0 Å². The van der Waals surface area contributed by atoms with Crippen molar-refractivity contribution in [3.8, 4) is 39.9 Å². The molecule has 0 bridgehead atoms. The molecule has 0 aliphatic heterocycles. The van der Waals surface area contributed by atoms with Crippen LogP contribution in [-0.4, -0.2) is 47.6 Å². The number of hydrogen-bond donors (Lipinski definition) is 4. The van der Waals surface area contributed by atoms with Crippen LogP contribution in [0.4, 0.5) is 0 Å². The first-order valence-electron chi connectivity index (χ1n) is 12.5. The molecule has 39 heavy (non-hydrogen) atoms. The number of rotatable bonds is 12. The van der Waals surface area contributed by atoms with Crippen molar-refractivity contribution in [2.75, 3.05) is 20.3 Å².